The molecular formula is C12H16N2O5. The third-order valence-electron chi connectivity index (χ3n) is 3.06. The molecule has 0 bridgehead atoms. The van der Waals surface area contributed by atoms with Crippen LogP contribution in [0.2, 0.25) is 0 Å². The van der Waals surface area contributed by atoms with Crippen molar-refractivity contribution in [3.8, 4) is 5.88 Å². The van der Waals surface area contributed by atoms with Crippen LogP contribution in [0.5, 0.6) is 5.88 Å². The summed E-state index contributed by atoms with van der Waals surface area (Å²) in [5.41, 5.74) is 0. The first-order valence-corrected chi connectivity index (χ1v) is 6.16. The Morgan fingerprint density at radius 3 is 3.00 bits per heavy atom. The average molecular weight is 268 g/mol. The molecule has 7 heteroatoms. The van der Waals surface area contributed by atoms with Crippen LogP contribution in [-0.2, 0) is 9.59 Å². The summed E-state index contributed by atoms with van der Waals surface area (Å²) in [4.78, 5) is 24.4. The lowest BCUT2D eigenvalue weighted by Crippen LogP contribution is -2.49. The molecule has 1 unspecified atom stereocenters. The summed E-state index contributed by atoms with van der Waals surface area (Å²) in [6.07, 6.45) is 2.13. The minimum Gasteiger partial charge on any atom is -0.480 e. The maximum Gasteiger partial charge on any atom is 0.326 e. The van der Waals surface area contributed by atoms with E-state index in [1.54, 1.807) is 13.0 Å². The zero-order chi connectivity index (χ0) is 13.8. The van der Waals surface area contributed by atoms with E-state index in [-0.39, 0.29) is 18.4 Å². The minimum absolute atomic E-state index is 0.226. The van der Waals surface area contributed by atoms with Crippen LogP contribution in [0, 0.1) is 6.92 Å². The van der Waals surface area contributed by atoms with Gasteiger partial charge in [0.25, 0.3) is 11.8 Å². The second kappa shape index (κ2) is 5.73. The first-order chi connectivity index (χ1) is 9.08. The van der Waals surface area contributed by atoms with E-state index < -0.39 is 12.0 Å². The molecule has 2 heterocycles. The fraction of sp³-hybridized carbons (Fsp3) is 0.583. The molecule has 1 aliphatic rings. The van der Waals surface area contributed by atoms with Crippen LogP contribution in [-0.4, -0.2) is 46.2 Å². The van der Waals surface area contributed by atoms with E-state index >= 15 is 0 Å². The SMILES string of the molecule is Cc1cc(OCC(=O)N2CCCCC2C(=O)O)no1. The van der Waals surface area contributed by atoms with Crippen LogP contribution in [0.3, 0.4) is 0 Å². The van der Waals surface area contributed by atoms with Gasteiger partial charge in [-0.3, -0.25) is 4.79 Å². The Morgan fingerprint density at radius 1 is 1.58 bits per heavy atom. The predicted molar refractivity (Wildman–Crippen MR) is 63.7 cm³/mol. The van der Waals surface area contributed by atoms with Crippen molar-refractivity contribution in [2.75, 3.05) is 13.2 Å². The minimum atomic E-state index is -0.967. The molecule has 0 spiro atoms. The highest BCUT2D eigenvalue weighted by molar-refractivity contribution is 5.84. The molecule has 1 aliphatic heterocycles. The number of likely N-dealkylation sites (tertiary alicyclic amines) is 1. The number of nitrogens with zero attached hydrogens (tertiary/aromatic N) is 2. The van der Waals surface area contributed by atoms with Gasteiger partial charge in [0.15, 0.2) is 6.61 Å². The average Bonchev–Trinajstić information content (AvgIpc) is 2.81. The fourth-order valence-corrected chi connectivity index (χ4v) is 2.12. The zero-order valence-electron chi connectivity index (χ0n) is 10.7. The van der Waals surface area contributed by atoms with Gasteiger partial charge in [-0.15, -0.1) is 0 Å². The third kappa shape index (κ3) is 3.24. The summed E-state index contributed by atoms with van der Waals surface area (Å²) in [6.45, 7) is 1.94. The summed E-state index contributed by atoms with van der Waals surface area (Å²) in [5.74, 6) is -0.489. The van der Waals surface area contributed by atoms with Crippen LogP contribution < -0.4 is 4.74 Å². The van der Waals surface area contributed by atoms with Gasteiger partial charge in [0.05, 0.1) is 0 Å². The molecule has 0 radical (unpaired) electrons. The Kier molecular flexibility index (Phi) is 4.03. The highest BCUT2D eigenvalue weighted by Gasteiger charge is 2.32. The summed E-state index contributed by atoms with van der Waals surface area (Å²) in [6, 6.07) is 0.821. The summed E-state index contributed by atoms with van der Waals surface area (Å²) >= 11 is 0. The van der Waals surface area contributed by atoms with E-state index in [2.05, 4.69) is 5.16 Å². The van der Waals surface area contributed by atoms with Crippen LogP contribution >= 0.6 is 0 Å². The first kappa shape index (κ1) is 13.4. The number of rotatable bonds is 4. The molecular weight excluding hydrogens is 252 g/mol. The van der Waals surface area contributed by atoms with Crippen molar-refractivity contribution in [2.45, 2.75) is 32.2 Å². The summed E-state index contributed by atoms with van der Waals surface area (Å²) in [5, 5.41) is 12.7. The first-order valence-electron chi connectivity index (χ1n) is 6.16. The van der Waals surface area contributed by atoms with Crippen molar-refractivity contribution < 1.29 is 24.0 Å². The molecule has 7 nitrogen and oxygen atoms in total. The molecule has 1 saturated heterocycles. The Morgan fingerprint density at radius 2 is 2.37 bits per heavy atom. The molecule has 19 heavy (non-hydrogen) atoms. The van der Waals surface area contributed by atoms with Crippen molar-refractivity contribution in [3.63, 3.8) is 0 Å². The van der Waals surface area contributed by atoms with Crippen molar-refractivity contribution >= 4 is 11.9 Å². The van der Waals surface area contributed by atoms with Gasteiger partial charge in [-0.05, 0) is 31.3 Å². The van der Waals surface area contributed by atoms with E-state index in [1.165, 1.54) is 4.90 Å². The number of aromatic nitrogens is 1. The highest BCUT2D eigenvalue weighted by Crippen LogP contribution is 2.18. The predicted octanol–water partition coefficient (Wildman–Crippen LogP) is 0.828. The summed E-state index contributed by atoms with van der Waals surface area (Å²) in [7, 11) is 0. The fourth-order valence-electron chi connectivity index (χ4n) is 2.12. The smallest absolute Gasteiger partial charge is 0.326 e. The number of aryl methyl sites for hydroxylation is 1. The molecule has 0 aliphatic carbocycles. The Labute approximate surface area is 110 Å². The van der Waals surface area contributed by atoms with E-state index in [0.29, 0.717) is 18.7 Å². The lowest BCUT2D eigenvalue weighted by molar-refractivity contribution is -0.152. The number of hydrogen-bond acceptors (Lipinski definition) is 5. The van der Waals surface area contributed by atoms with Crippen molar-refractivity contribution in [1.82, 2.24) is 10.1 Å². The monoisotopic (exact) mass is 268 g/mol. The van der Waals surface area contributed by atoms with Crippen LogP contribution in [0.4, 0.5) is 0 Å². The standard InChI is InChI=1S/C12H16N2O5/c1-8-6-10(13-19-8)18-7-11(15)14-5-3-2-4-9(14)12(16)17/h6,9H,2-5,7H2,1H3,(H,16,17). The number of carbonyl (C=O) groups excluding carboxylic acids is 1. The van der Waals surface area contributed by atoms with Gasteiger partial charge in [0.2, 0.25) is 0 Å². The van der Waals surface area contributed by atoms with Crippen LogP contribution in [0.15, 0.2) is 10.6 Å². The van der Waals surface area contributed by atoms with Crippen LogP contribution in [0.1, 0.15) is 25.0 Å². The largest absolute Gasteiger partial charge is 0.480 e. The molecule has 1 aromatic rings. The Balaban J connectivity index is 1.92. The molecule has 1 aromatic heterocycles. The molecule has 0 aromatic carbocycles. The molecule has 1 amide bonds. The maximum absolute atomic E-state index is 12.0. The number of ether oxygens (including phenoxy) is 1. The van der Waals surface area contributed by atoms with Gasteiger partial charge >= 0.3 is 5.97 Å². The number of carboxylic acid groups (broad SMARTS) is 1. The van der Waals surface area contributed by atoms with Crippen molar-refractivity contribution in [2.24, 2.45) is 0 Å². The molecule has 1 fully saturated rings. The normalized spacial score (nSPS) is 19.2. The molecule has 2 rings (SSSR count). The number of carbonyl (C=O) groups is 2. The van der Waals surface area contributed by atoms with Gasteiger partial charge < -0.3 is 19.3 Å². The van der Waals surface area contributed by atoms with Gasteiger partial charge in [-0.25, -0.2) is 4.79 Å². The number of hydrogen-bond donors (Lipinski definition) is 1. The van der Waals surface area contributed by atoms with E-state index in [1.807, 2.05) is 0 Å². The van der Waals surface area contributed by atoms with Gasteiger partial charge in [-0.2, -0.15) is 0 Å². The quantitative estimate of drug-likeness (QED) is 0.869. The number of piperidine rings is 1. The lowest BCUT2D eigenvalue weighted by atomic mass is 10.0. The van der Waals surface area contributed by atoms with Crippen molar-refractivity contribution in [3.05, 3.63) is 11.8 Å². The second-order valence-electron chi connectivity index (χ2n) is 4.50. The van der Waals surface area contributed by atoms with Gasteiger partial charge in [0.1, 0.15) is 11.8 Å². The zero-order valence-corrected chi connectivity index (χ0v) is 10.7. The molecule has 0 saturated carbocycles. The van der Waals surface area contributed by atoms with E-state index in [9.17, 15) is 9.59 Å². The topological polar surface area (TPSA) is 92.9 Å². The number of carboxylic acids is 1. The Bertz CT molecular complexity index is 470. The maximum atomic E-state index is 12.0. The van der Waals surface area contributed by atoms with Crippen molar-refractivity contribution in [1.29, 1.82) is 0 Å². The second-order valence-corrected chi connectivity index (χ2v) is 4.50. The van der Waals surface area contributed by atoms with E-state index in [4.69, 9.17) is 14.4 Å². The third-order valence-corrected chi connectivity index (χ3v) is 3.06. The molecule has 1 atom stereocenters. The molecule has 1 N–H and O–H groups in total. The molecule has 104 valence electrons. The summed E-state index contributed by atoms with van der Waals surface area (Å²) < 4.78 is 9.99. The Hall–Kier alpha value is -2.05. The number of aliphatic carboxylic acids is 1. The van der Waals surface area contributed by atoms with Crippen LogP contribution in [0.25, 0.3) is 0 Å². The van der Waals surface area contributed by atoms with E-state index in [0.717, 1.165) is 12.8 Å². The lowest BCUT2D eigenvalue weighted by Gasteiger charge is -2.32. The number of amides is 1. The highest BCUT2D eigenvalue weighted by atomic mass is 16.5. The van der Waals surface area contributed by atoms with Gasteiger partial charge in [-0.1, -0.05) is 0 Å². The van der Waals surface area contributed by atoms with Gasteiger partial charge in [0, 0.05) is 12.6 Å².